The molecule has 0 saturated heterocycles. The number of alkyl halides is 1. The normalized spacial score (nSPS) is 10.3. The van der Waals surface area contributed by atoms with Gasteiger partial charge in [-0.05, 0) is 19.1 Å². The summed E-state index contributed by atoms with van der Waals surface area (Å²) < 4.78 is 5.22. The van der Waals surface area contributed by atoms with Gasteiger partial charge < -0.3 is 14.4 Å². The first-order valence-corrected chi connectivity index (χ1v) is 5.31. The van der Waals surface area contributed by atoms with Gasteiger partial charge in [0.2, 0.25) is 0 Å². The van der Waals surface area contributed by atoms with E-state index in [-0.39, 0.29) is 24.2 Å². The van der Waals surface area contributed by atoms with Crippen LogP contribution in [0.5, 0.6) is 0 Å². The topological polar surface area (TPSA) is 53.7 Å². The zero-order chi connectivity index (χ0) is 11.3. The van der Waals surface area contributed by atoms with Crippen molar-refractivity contribution in [3.63, 3.8) is 0 Å². The summed E-state index contributed by atoms with van der Waals surface area (Å²) in [5.41, 5.74) is 0. The molecule has 0 saturated carbocycles. The maximum Gasteiger partial charge on any atom is 0.289 e. The summed E-state index contributed by atoms with van der Waals surface area (Å²) in [5.74, 6) is 0.864. The summed E-state index contributed by atoms with van der Waals surface area (Å²) in [6.07, 6.45) is 0. The Morgan fingerprint density at radius 3 is 2.80 bits per heavy atom. The molecule has 1 aromatic rings. The minimum absolute atomic E-state index is 0.0529. The van der Waals surface area contributed by atoms with E-state index in [1.807, 2.05) is 6.92 Å². The predicted octanol–water partition coefficient (Wildman–Crippen LogP) is 1.47. The lowest BCUT2D eigenvalue weighted by molar-refractivity contribution is 0.0699. The Morgan fingerprint density at radius 1 is 1.60 bits per heavy atom. The first-order chi connectivity index (χ1) is 7.22. The summed E-state index contributed by atoms with van der Waals surface area (Å²) in [4.78, 5) is 13.3. The van der Waals surface area contributed by atoms with E-state index in [2.05, 4.69) is 0 Å². The highest BCUT2D eigenvalue weighted by atomic mass is 35.5. The van der Waals surface area contributed by atoms with Gasteiger partial charge in [-0.25, -0.2) is 0 Å². The number of amides is 1. The van der Waals surface area contributed by atoms with Gasteiger partial charge in [0, 0.05) is 13.1 Å². The molecular weight excluding hydrogens is 218 g/mol. The molecule has 0 aliphatic carbocycles. The van der Waals surface area contributed by atoms with Crippen LogP contribution in [0.2, 0.25) is 0 Å². The molecule has 0 spiro atoms. The fourth-order valence-electron chi connectivity index (χ4n) is 1.24. The lowest BCUT2D eigenvalue weighted by Crippen LogP contribution is -2.33. The molecule has 0 atom stereocenters. The SMILES string of the molecule is CCN(CCO)C(=O)c1ccc(CCl)o1. The second-order valence-electron chi connectivity index (χ2n) is 3.01. The quantitative estimate of drug-likeness (QED) is 0.781. The number of aliphatic hydroxyl groups is 1. The molecule has 0 fully saturated rings. The van der Waals surface area contributed by atoms with Crippen LogP contribution < -0.4 is 0 Å². The van der Waals surface area contributed by atoms with Crippen molar-refractivity contribution in [1.29, 1.82) is 0 Å². The van der Waals surface area contributed by atoms with Crippen LogP contribution in [0.1, 0.15) is 23.2 Å². The van der Waals surface area contributed by atoms with Crippen molar-refractivity contribution in [2.45, 2.75) is 12.8 Å². The molecule has 0 bridgehead atoms. The molecule has 0 aliphatic heterocycles. The van der Waals surface area contributed by atoms with Crippen LogP contribution in [0.15, 0.2) is 16.5 Å². The molecule has 1 amide bonds. The van der Waals surface area contributed by atoms with Crippen molar-refractivity contribution in [1.82, 2.24) is 4.90 Å². The van der Waals surface area contributed by atoms with Gasteiger partial charge in [-0.1, -0.05) is 0 Å². The van der Waals surface area contributed by atoms with Crippen LogP contribution in [0.3, 0.4) is 0 Å². The van der Waals surface area contributed by atoms with E-state index in [1.54, 1.807) is 12.1 Å². The van der Waals surface area contributed by atoms with E-state index in [9.17, 15) is 4.79 Å². The fraction of sp³-hybridized carbons (Fsp3) is 0.500. The van der Waals surface area contributed by atoms with Crippen LogP contribution in [0.25, 0.3) is 0 Å². The third-order valence-electron chi connectivity index (χ3n) is 2.04. The average molecular weight is 232 g/mol. The number of furan rings is 1. The Morgan fingerprint density at radius 2 is 2.33 bits per heavy atom. The Labute approximate surface area is 93.4 Å². The summed E-state index contributed by atoms with van der Waals surface area (Å²) in [6.45, 7) is 2.64. The van der Waals surface area contributed by atoms with Gasteiger partial charge in [0.15, 0.2) is 5.76 Å². The number of carbonyl (C=O) groups is 1. The molecule has 1 rings (SSSR count). The molecule has 4 nitrogen and oxygen atoms in total. The molecule has 0 unspecified atom stereocenters. The van der Waals surface area contributed by atoms with E-state index in [0.717, 1.165) is 0 Å². The summed E-state index contributed by atoms with van der Waals surface area (Å²) in [6, 6.07) is 3.27. The molecule has 0 aliphatic rings. The van der Waals surface area contributed by atoms with Crippen molar-refractivity contribution in [2.75, 3.05) is 19.7 Å². The third kappa shape index (κ3) is 2.97. The number of carbonyl (C=O) groups excluding carboxylic acids is 1. The van der Waals surface area contributed by atoms with Crippen molar-refractivity contribution in [3.05, 3.63) is 23.7 Å². The highest BCUT2D eigenvalue weighted by Crippen LogP contribution is 2.12. The third-order valence-corrected chi connectivity index (χ3v) is 2.31. The van der Waals surface area contributed by atoms with Gasteiger partial charge in [-0.2, -0.15) is 0 Å². The Bertz CT molecular complexity index is 324. The van der Waals surface area contributed by atoms with E-state index in [0.29, 0.717) is 18.8 Å². The number of hydrogen-bond donors (Lipinski definition) is 1. The minimum Gasteiger partial charge on any atom is -0.455 e. The summed E-state index contributed by atoms with van der Waals surface area (Å²) >= 11 is 5.56. The molecule has 1 N–H and O–H groups in total. The molecule has 5 heteroatoms. The summed E-state index contributed by atoms with van der Waals surface area (Å²) in [5, 5.41) is 8.77. The molecule has 0 radical (unpaired) electrons. The van der Waals surface area contributed by atoms with Crippen molar-refractivity contribution >= 4 is 17.5 Å². The highest BCUT2D eigenvalue weighted by Gasteiger charge is 2.17. The second-order valence-corrected chi connectivity index (χ2v) is 3.28. The second kappa shape index (κ2) is 5.78. The molecule has 84 valence electrons. The maximum atomic E-state index is 11.8. The zero-order valence-electron chi connectivity index (χ0n) is 8.57. The largest absolute Gasteiger partial charge is 0.455 e. The van der Waals surface area contributed by atoms with Crippen LogP contribution in [0.4, 0.5) is 0 Å². The van der Waals surface area contributed by atoms with Gasteiger partial charge in [-0.3, -0.25) is 4.79 Å². The Kier molecular flexibility index (Phi) is 4.65. The number of likely N-dealkylation sites (N-methyl/N-ethyl adjacent to an activating group) is 1. The number of rotatable bonds is 5. The van der Waals surface area contributed by atoms with Crippen molar-refractivity contribution in [2.24, 2.45) is 0 Å². The zero-order valence-corrected chi connectivity index (χ0v) is 9.33. The van der Waals surface area contributed by atoms with Gasteiger partial charge >= 0.3 is 0 Å². The van der Waals surface area contributed by atoms with Gasteiger partial charge in [0.05, 0.1) is 12.5 Å². The van der Waals surface area contributed by atoms with Crippen molar-refractivity contribution < 1.29 is 14.3 Å². The van der Waals surface area contributed by atoms with E-state index in [4.69, 9.17) is 21.1 Å². The highest BCUT2D eigenvalue weighted by molar-refractivity contribution is 6.16. The first-order valence-electron chi connectivity index (χ1n) is 4.77. The Balaban J connectivity index is 2.73. The number of halogens is 1. The molecule has 0 aromatic carbocycles. The Hall–Kier alpha value is -1.00. The molecule has 1 heterocycles. The van der Waals surface area contributed by atoms with E-state index in [1.165, 1.54) is 4.90 Å². The van der Waals surface area contributed by atoms with Crippen LogP contribution in [-0.4, -0.2) is 35.6 Å². The average Bonchev–Trinajstić information content (AvgIpc) is 2.73. The lowest BCUT2D eigenvalue weighted by atomic mass is 10.3. The number of aliphatic hydroxyl groups excluding tert-OH is 1. The smallest absolute Gasteiger partial charge is 0.289 e. The fourth-order valence-corrected chi connectivity index (χ4v) is 1.39. The first kappa shape index (κ1) is 12.1. The van der Waals surface area contributed by atoms with E-state index >= 15 is 0 Å². The molecule has 15 heavy (non-hydrogen) atoms. The maximum absolute atomic E-state index is 11.8. The lowest BCUT2D eigenvalue weighted by Gasteiger charge is -2.17. The van der Waals surface area contributed by atoms with Crippen molar-refractivity contribution in [3.8, 4) is 0 Å². The van der Waals surface area contributed by atoms with Gasteiger partial charge in [-0.15, -0.1) is 11.6 Å². The van der Waals surface area contributed by atoms with Crippen LogP contribution >= 0.6 is 11.6 Å². The van der Waals surface area contributed by atoms with Crippen LogP contribution in [0, 0.1) is 0 Å². The molecule has 1 aromatic heterocycles. The molecular formula is C10H14ClNO3. The predicted molar refractivity (Wildman–Crippen MR) is 56.9 cm³/mol. The monoisotopic (exact) mass is 231 g/mol. The van der Waals surface area contributed by atoms with Gasteiger partial charge in [0.25, 0.3) is 5.91 Å². The minimum atomic E-state index is -0.220. The summed E-state index contributed by atoms with van der Waals surface area (Å²) in [7, 11) is 0. The van der Waals surface area contributed by atoms with Crippen LogP contribution in [-0.2, 0) is 5.88 Å². The van der Waals surface area contributed by atoms with Gasteiger partial charge in [0.1, 0.15) is 5.76 Å². The number of nitrogens with zero attached hydrogens (tertiary/aromatic N) is 1. The number of hydrogen-bond acceptors (Lipinski definition) is 3. The standard InChI is InChI=1S/C10H14ClNO3/c1-2-12(5-6-13)10(14)9-4-3-8(7-11)15-9/h3-4,13H,2,5-7H2,1H3. The van der Waals surface area contributed by atoms with E-state index < -0.39 is 0 Å².